The standard InChI is InChI=1S/C47H75N11O12/c1-24(2)18-30(49)41(64)55-34(19-25(3)4)45(68)54-33(15-16-38(59)60)43(66)56-35(20-26(5)6)46(69)58-37(22-39(61)62)47(70)53-32(14-10-11-17-48)42(65)57-36(44(67)52-27(7)40(50)63)21-28-23-51-31-13-9-8-12-29(28)31/h8-9,12-13,23-27,30,32-37,51H,10-11,14-22,48-49H2,1-7H3,(H2,50,63)(H,52,67)(H,53,70)(H,54,68)(H,55,64)(H,56,66)(H,57,65)(H,58,69)(H,59,60)(H,61,62)/t27-,30-,32-,33-,34-,35-,36-,37-/m0/s1. The number of nitrogens with two attached hydrogens (primary N) is 3. The molecule has 16 N–H and O–H groups in total. The fraction of sp³-hybridized carbons (Fsp3) is 0.617. The quantitative estimate of drug-likeness (QED) is 0.0413. The molecule has 0 saturated heterocycles. The number of carbonyl (C=O) groups is 10. The van der Waals surface area contributed by atoms with E-state index in [2.05, 4.69) is 42.2 Å². The van der Waals surface area contributed by atoms with Gasteiger partial charge in [-0.05, 0) is 87.8 Å². The van der Waals surface area contributed by atoms with Crippen LogP contribution in [0, 0.1) is 17.8 Å². The smallest absolute Gasteiger partial charge is 0.305 e. The molecule has 23 nitrogen and oxygen atoms in total. The van der Waals surface area contributed by atoms with Crippen molar-refractivity contribution in [1.82, 2.24) is 42.2 Å². The first kappa shape index (κ1) is 59.5. The van der Waals surface area contributed by atoms with Gasteiger partial charge in [0.15, 0.2) is 0 Å². The van der Waals surface area contributed by atoms with Crippen molar-refractivity contribution in [3.05, 3.63) is 36.0 Å². The number of aromatic nitrogens is 1. The lowest BCUT2D eigenvalue weighted by Gasteiger charge is -2.28. The number of fused-ring (bicyclic) bond motifs is 1. The molecule has 0 unspecified atom stereocenters. The fourth-order valence-electron chi connectivity index (χ4n) is 7.46. The number of hydrogen-bond acceptors (Lipinski definition) is 12. The van der Waals surface area contributed by atoms with Crippen LogP contribution in [0.25, 0.3) is 10.9 Å². The number of carboxylic acid groups (broad SMARTS) is 2. The SMILES string of the molecule is CC(C)C[C@H](NC(=O)[C@H](CCC(=O)O)NC(=O)[C@H](CC(C)C)NC(=O)[C@@H](N)CC(C)C)C(=O)N[C@@H](CC(=O)O)C(=O)N[C@@H](CCCCN)C(=O)N[C@@H](Cc1c[nH]c2ccccc12)C(=O)N[C@@H](C)C(N)=O. The van der Waals surface area contributed by atoms with Gasteiger partial charge < -0.3 is 69.6 Å². The van der Waals surface area contributed by atoms with Crippen LogP contribution in [-0.2, 0) is 54.4 Å². The van der Waals surface area contributed by atoms with Crippen LogP contribution in [0.15, 0.2) is 30.5 Å². The summed E-state index contributed by atoms with van der Waals surface area (Å²) >= 11 is 0. The maximum atomic E-state index is 14.1. The third kappa shape index (κ3) is 20.9. The number of hydrogen-bond donors (Lipinski definition) is 13. The molecule has 1 aromatic heterocycles. The van der Waals surface area contributed by atoms with E-state index in [1.54, 1.807) is 40.0 Å². The first-order chi connectivity index (χ1) is 32.8. The van der Waals surface area contributed by atoms with Gasteiger partial charge in [-0.2, -0.15) is 0 Å². The Bertz CT molecular complexity index is 2130. The number of carboxylic acids is 2. The number of aromatic amines is 1. The van der Waals surface area contributed by atoms with Gasteiger partial charge in [-0.1, -0.05) is 59.7 Å². The van der Waals surface area contributed by atoms with E-state index in [0.717, 1.165) is 10.9 Å². The number of amides is 8. The molecule has 0 aliphatic heterocycles. The second kappa shape index (κ2) is 29.4. The zero-order chi connectivity index (χ0) is 52.8. The number of carbonyl (C=O) groups excluding carboxylic acids is 8. The molecule has 8 atom stereocenters. The molecule has 1 heterocycles. The number of H-pyrrole nitrogens is 1. The summed E-state index contributed by atoms with van der Waals surface area (Å²) in [6.45, 7) is 12.4. The highest BCUT2D eigenvalue weighted by Crippen LogP contribution is 2.20. The summed E-state index contributed by atoms with van der Waals surface area (Å²) in [5.41, 5.74) is 18.5. The van der Waals surface area contributed by atoms with Gasteiger partial charge in [-0.3, -0.25) is 47.9 Å². The zero-order valence-electron chi connectivity index (χ0n) is 41.2. The monoisotopic (exact) mass is 986 g/mol. The number of benzene rings is 1. The van der Waals surface area contributed by atoms with Gasteiger partial charge in [0, 0.05) is 29.9 Å². The highest BCUT2D eigenvalue weighted by Gasteiger charge is 2.35. The number of nitrogens with one attached hydrogen (secondary N) is 8. The van der Waals surface area contributed by atoms with Crippen LogP contribution >= 0.6 is 0 Å². The summed E-state index contributed by atoms with van der Waals surface area (Å²) in [7, 11) is 0. The molecular weight excluding hydrogens is 911 g/mol. The number of aliphatic carboxylic acids is 2. The van der Waals surface area contributed by atoms with E-state index in [0.29, 0.717) is 24.8 Å². The highest BCUT2D eigenvalue weighted by molar-refractivity contribution is 5.99. The van der Waals surface area contributed by atoms with E-state index in [4.69, 9.17) is 17.2 Å². The van der Waals surface area contributed by atoms with E-state index in [1.807, 2.05) is 32.0 Å². The Labute approximate surface area is 408 Å². The number of unbranched alkanes of at least 4 members (excludes halogenated alkanes) is 1. The van der Waals surface area contributed by atoms with Crippen LogP contribution < -0.4 is 54.4 Å². The minimum Gasteiger partial charge on any atom is -0.481 e. The van der Waals surface area contributed by atoms with Crippen molar-refractivity contribution in [2.45, 2.75) is 161 Å². The van der Waals surface area contributed by atoms with E-state index in [9.17, 15) is 58.2 Å². The third-order valence-electron chi connectivity index (χ3n) is 11.1. The van der Waals surface area contributed by atoms with Crippen molar-refractivity contribution < 1.29 is 58.2 Å². The van der Waals surface area contributed by atoms with Gasteiger partial charge in [0.2, 0.25) is 47.3 Å². The Morgan fingerprint density at radius 2 is 1.01 bits per heavy atom. The van der Waals surface area contributed by atoms with Gasteiger partial charge in [0.1, 0.15) is 42.3 Å². The molecule has 0 aliphatic carbocycles. The molecule has 23 heteroatoms. The number of para-hydroxylation sites is 1. The predicted octanol–water partition coefficient (Wildman–Crippen LogP) is -0.457. The summed E-state index contributed by atoms with van der Waals surface area (Å²) in [4.78, 5) is 135. The Morgan fingerprint density at radius 1 is 0.557 bits per heavy atom. The summed E-state index contributed by atoms with van der Waals surface area (Å²) in [5.74, 6) is -10.1. The second-order valence-electron chi connectivity index (χ2n) is 18.9. The van der Waals surface area contributed by atoms with Gasteiger partial charge in [-0.25, -0.2) is 0 Å². The lowest BCUT2D eigenvalue weighted by molar-refractivity contribution is -0.142. The lowest BCUT2D eigenvalue weighted by atomic mass is 9.99. The third-order valence-corrected chi connectivity index (χ3v) is 11.1. The average Bonchev–Trinajstić information content (AvgIpc) is 3.67. The van der Waals surface area contributed by atoms with Crippen molar-refractivity contribution in [3.8, 4) is 0 Å². The molecule has 0 saturated carbocycles. The van der Waals surface area contributed by atoms with E-state index >= 15 is 0 Å². The minimum atomic E-state index is -1.83. The molecule has 0 aliphatic rings. The van der Waals surface area contributed by atoms with Crippen molar-refractivity contribution in [3.63, 3.8) is 0 Å². The van der Waals surface area contributed by atoms with Crippen LogP contribution in [0.1, 0.15) is 112 Å². The molecular formula is C47H75N11O12. The summed E-state index contributed by atoms with van der Waals surface area (Å²) < 4.78 is 0. The molecule has 0 bridgehead atoms. The molecule has 2 rings (SSSR count). The van der Waals surface area contributed by atoms with Crippen molar-refractivity contribution >= 4 is 70.1 Å². The first-order valence-corrected chi connectivity index (χ1v) is 23.7. The molecule has 2 aromatic rings. The fourth-order valence-corrected chi connectivity index (χ4v) is 7.46. The van der Waals surface area contributed by atoms with Crippen molar-refractivity contribution in [1.29, 1.82) is 0 Å². The molecule has 0 spiro atoms. The molecule has 1 aromatic carbocycles. The first-order valence-electron chi connectivity index (χ1n) is 23.7. The maximum Gasteiger partial charge on any atom is 0.305 e. The molecule has 390 valence electrons. The Kier molecular flexibility index (Phi) is 25.0. The largest absolute Gasteiger partial charge is 0.481 e. The van der Waals surface area contributed by atoms with Crippen LogP contribution in [0.3, 0.4) is 0 Å². The van der Waals surface area contributed by atoms with E-state index in [1.165, 1.54) is 6.92 Å². The molecule has 0 fully saturated rings. The molecule has 0 radical (unpaired) electrons. The normalized spacial score (nSPS) is 14.8. The Morgan fingerprint density at radius 3 is 1.53 bits per heavy atom. The average molecular weight is 986 g/mol. The van der Waals surface area contributed by atoms with Gasteiger partial charge >= 0.3 is 11.9 Å². The molecule has 70 heavy (non-hydrogen) atoms. The second-order valence-corrected chi connectivity index (χ2v) is 18.9. The summed E-state index contributed by atoms with van der Waals surface area (Å²) in [6, 6.07) is -3.52. The Balaban J connectivity index is 2.43. The van der Waals surface area contributed by atoms with Crippen molar-refractivity contribution in [2.24, 2.45) is 35.0 Å². The maximum absolute atomic E-state index is 14.1. The highest BCUT2D eigenvalue weighted by atomic mass is 16.4. The van der Waals surface area contributed by atoms with Crippen molar-refractivity contribution in [2.75, 3.05) is 6.54 Å². The van der Waals surface area contributed by atoms with E-state index < -0.39 is 127 Å². The van der Waals surface area contributed by atoms with Gasteiger partial charge in [0.05, 0.1) is 12.5 Å². The number of primary amides is 1. The number of rotatable bonds is 32. The summed E-state index contributed by atoms with van der Waals surface area (Å²) in [6.07, 6.45) is 0.666. The summed E-state index contributed by atoms with van der Waals surface area (Å²) in [5, 5.41) is 37.8. The minimum absolute atomic E-state index is 0.0381. The van der Waals surface area contributed by atoms with Crippen LogP contribution in [0.5, 0.6) is 0 Å². The van der Waals surface area contributed by atoms with E-state index in [-0.39, 0.29) is 50.0 Å². The Hall–Kier alpha value is -6.62. The predicted molar refractivity (Wildman–Crippen MR) is 259 cm³/mol. The lowest BCUT2D eigenvalue weighted by Crippen LogP contribution is -2.60. The topological polar surface area (TPSA) is 389 Å². The van der Waals surface area contributed by atoms with Gasteiger partial charge in [0.25, 0.3) is 0 Å². The van der Waals surface area contributed by atoms with Crippen LogP contribution in [0.2, 0.25) is 0 Å². The zero-order valence-corrected chi connectivity index (χ0v) is 41.2. The van der Waals surface area contributed by atoms with Gasteiger partial charge in [-0.15, -0.1) is 0 Å². The van der Waals surface area contributed by atoms with Crippen LogP contribution in [-0.4, -0.2) is 129 Å². The van der Waals surface area contributed by atoms with Crippen LogP contribution in [0.4, 0.5) is 0 Å². The molecule has 8 amide bonds.